The first-order chi connectivity index (χ1) is 11.7. The van der Waals surface area contributed by atoms with Crippen LogP contribution in [0.1, 0.15) is 6.92 Å². The second-order valence-corrected chi connectivity index (χ2v) is 7.23. The summed E-state index contributed by atoms with van der Waals surface area (Å²) in [6.45, 7) is 2.56. The second kappa shape index (κ2) is 7.81. The third-order valence-electron chi connectivity index (χ3n) is 3.69. The number of aromatic nitrogens is 1. The van der Waals surface area contributed by atoms with Gasteiger partial charge in [0.05, 0.1) is 5.75 Å². The van der Waals surface area contributed by atoms with Gasteiger partial charge in [0.1, 0.15) is 5.82 Å². The first-order valence-corrected chi connectivity index (χ1v) is 9.49. The SMILES string of the molecule is CCN(C(=O)CSc1ccc2ccccc2c1)c1ccc(Br)cn1. The minimum atomic E-state index is 0.0606. The highest BCUT2D eigenvalue weighted by Crippen LogP contribution is 2.24. The molecule has 0 saturated heterocycles. The molecule has 3 nitrogen and oxygen atoms in total. The Morgan fingerprint density at radius 3 is 2.62 bits per heavy atom. The van der Waals surface area contributed by atoms with Crippen molar-refractivity contribution in [2.75, 3.05) is 17.2 Å². The van der Waals surface area contributed by atoms with E-state index in [0.29, 0.717) is 18.1 Å². The first-order valence-electron chi connectivity index (χ1n) is 7.71. The van der Waals surface area contributed by atoms with Crippen molar-refractivity contribution in [3.63, 3.8) is 0 Å². The average molecular weight is 401 g/mol. The van der Waals surface area contributed by atoms with Gasteiger partial charge in [-0.3, -0.25) is 9.69 Å². The van der Waals surface area contributed by atoms with Crippen molar-refractivity contribution in [3.8, 4) is 0 Å². The zero-order valence-electron chi connectivity index (χ0n) is 13.3. The Labute approximate surface area is 154 Å². The molecule has 1 aromatic heterocycles. The lowest BCUT2D eigenvalue weighted by Crippen LogP contribution is -2.32. The van der Waals surface area contributed by atoms with E-state index in [1.807, 2.05) is 31.2 Å². The molecule has 3 aromatic rings. The smallest absolute Gasteiger partial charge is 0.238 e. The number of anilines is 1. The van der Waals surface area contributed by atoms with E-state index in [9.17, 15) is 4.79 Å². The van der Waals surface area contributed by atoms with Crippen molar-refractivity contribution in [2.45, 2.75) is 11.8 Å². The number of pyridine rings is 1. The standard InChI is InChI=1S/C19H17BrN2OS/c1-2-22(18-10-8-16(20)12-21-18)19(23)13-24-17-9-7-14-5-3-4-6-15(14)11-17/h3-12H,2,13H2,1H3. The molecule has 0 bridgehead atoms. The highest BCUT2D eigenvalue weighted by atomic mass is 79.9. The lowest BCUT2D eigenvalue weighted by atomic mass is 10.1. The van der Waals surface area contributed by atoms with Crippen molar-refractivity contribution in [2.24, 2.45) is 0 Å². The number of rotatable bonds is 5. The van der Waals surface area contributed by atoms with Crippen LogP contribution in [-0.2, 0) is 4.79 Å². The van der Waals surface area contributed by atoms with Crippen molar-refractivity contribution in [3.05, 3.63) is 65.3 Å². The van der Waals surface area contributed by atoms with Crippen LogP contribution in [0.3, 0.4) is 0 Å². The molecular formula is C19H17BrN2OS. The van der Waals surface area contributed by atoms with E-state index in [0.717, 1.165) is 9.37 Å². The summed E-state index contributed by atoms with van der Waals surface area (Å²) in [5, 5.41) is 2.40. The molecule has 0 aliphatic rings. The number of hydrogen-bond donors (Lipinski definition) is 0. The van der Waals surface area contributed by atoms with E-state index in [4.69, 9.17) is 0 Å². The number of benzene rings is 2. The quantitative estimate of drug-likeness (QED) is 0.555. The molecule has 24 heavy (non-hydrogen) atoms. The van der Waals surface area contributed by atoms with Crippen LogP contribution >= 0.6 is 27.7 Å². The van der Waals surface area contributed by atoms with Crippen LogP contribution in [0.25, 0.3) is 10.8 Å². The molecule has 0 saturated carbocycles. The first kappa shape index (κ1) is 17.0. The van der Waals surface area contributed by atoms with E-state index in [1.54, 1.807) is 22.9 Å². The van der Waals surface area contributed by atoms with Gasteiger partial charge in [-0.05, 0) is 57.9 Å². The molecule has 1 heterocycles. The zero-order chi connectivity index (χ0) is 16.9. The van der Waals surface area contributed by atoms with Gasteiger partial charge in [0.25, 0.3) is 0 Å². The molecule has 0 atom stereocenters. The van der Waals surface area contributed by atoms with Crippen LogP contribution in [0.5, 0.6) is 0 Å². The lowest BCUT2D eigenvalue weighted by molar-refractivity contribution is -0.116. The fourth-order valence-electron chi connectivity index (χ4n) is 2.47. The van der Waals surface area contributed by atoms with Gasteiger partial charge < -0.3 is 0 Å². The minimum absolute atomic E-state index is 0.0606. The number of hydrogen-bond acceptors (Lipinski definition) is 3. The molecule has 2 aromatic carbocycles. The van der Waals surface area contributed by atoms with Crippen LogP contribution in [0, 0.1) is 0 Å². The van der Waals surface area contributed by atoms with Crippen molar-refractivity contribution in [1.82, 2.24) is 4.98 Å². The topological polar surface area (TPSA) is 33.2 Å². The van der Waals surface area contributed by atoms with Crippen molar-refractivity contribution < 1.29 is 4.79 Å². The number of fused-ring (bicyclic) bond motifs is 1. The van der Waals surface area contributed by atoms with Gasteiger partial charge in [0.15, 0.2) is 0 Å². The Kier molecular flexibility index (Phi) is 5.53. The van der Waals surface area contributed by atoms with Gasteiger partial charge in [-0.2, -0.15) is 0 Å². The predicted molar refractivity (Wildman–Crippen MR) is 105 cm³/mol. The Morgan fingerprint density at radius 2 is 1.92 bits per heavy atom. The van der Waals surface area contributed by atoms with Crippen molar-refractivity contribution in [1.29, 1.82) is 0 Å². The van der Waals surface area contributed by atoms with Crippen LogP contribution in [0.2, 0.25) is 0 Å². The van der Waals surface area contributed by atoms with Crippen LogP contribution in [-0.4, -0.2) is 23.2 Å². The number of halogens is 1. The Morgan fingerprint density at radius 1 is 1.12 bits per heavy atom. The molecule has 122 valence electrons. The van der Waals surface area contributed by atoms with Gasteiger partial charge in [0, 0.05) is 22.1 Å². The molecule has 0 radical (unpaired) electrons. The van der Waals surface area contributed by atoms with Crippen LogP contribution in [0.4, 0.5) is 5.82 Å². The molecule has 0 aliphatic carbocycles. The lowest BCUT2D eigenvalue weighted by Gasteiger charge is -2.19. The summed E-state index contributed by atoms with van der Waals surface area (Å²) >= 11 is 4.92. The molecule has 0 unspecified atom stereocenters. The molecule has 5 heteroatoms. The molecule has 0 N–H and O–H groups in total. The monoisotopic (exact) mass is 400 g/mol. The van der Waals surface area contributed by atoms with E-state index >= 15 is 0 Å². The Balaban J connectivity index is 1.69. The fraction of sp³-hybridized carbons (Fsp3) is 0.158. The maximum atomic E-state index is 12.5. The molecule has 0 spiro atoms. The average Bonchev–Trinajstić information content (AvgIpc) is 2.62. The van der Waals surface area contributed by atoms with Crippen LogP contribution in [0.15, 0.2) is 70.2 Å². The van der Waals surface area contributed by atoms with Gasteiger partial charge >= 0.3 is 0 Å². The normalized spacial score (nSPS) is 10.8. The van der Waals surface area contributed by atoms with Gasteiger partial charge in [-0.15, -0.1) is 11.8 Å². The molecular weight excluding hydrogens is 384 g/mol. The number of carbonyl (C=O) groups excluding carboxylic acids is 1. The summed E-state index contributed by atoms with van der Waals surface area (Å²) in [5.74, 6) is 1.14. The summed E-state index contributed by atoms with van der Waals surface area (Å²) in [7, 11) is 0. The third kappa shape index (κ3) is 3.97. The van der Waals surface area contributed by atoms with Crippen molar-refractivity contribution >= 4 is 50.2 Å². The predicted octanol–water partition coefficient (Wildman–Crippen LogP) is 5.14. The zero-order valence-corrected chi connectivity index (χ0v) is 15.7. The maximum absolute atomic E-state index is 12.5. The van der Waals surface area contributed by atoms with E-state index in [1.165, 1.54) is 10.8 Å². The fourth-order valence-corrected chi connectivity index (χ4v) is 3.53. The van der Waals surface area contributed by atoms with Gasteiger partial charge in [0.2, 0.25) is 5.91 Å². The highest BCUT2D eigenvalue weighted by molar-refractivity contribution is 9.10. The summed E-state index contributed by atoms with van der Waals surface area (Å²) < 4.78 is 0.903. The highest BCUT2D eigenvalue weighted by Gasteiger charge is 2.15. The van der Waals surface area contributed by atoms with Crippen LogP contribution < -0.4 is 4.90 Å². The van der Waals surface area contributed by atoms with Gasteiger partial charge in [-0.1, -0.05) is 30.3 Å². The number of amides is 1. The molecule has 3 rings (SSSR count). The summed E-state index contributed by atoms with van der Waals surface area (Å²) in [5.41, 5.74) is 0. The molecule has 0 fully saturated rings. The number of carbonyl (C=O) groups is 1. The Bertz CT molecular complexity index is 851. The van der Waals surface area contributed by atoms with E-state index < -0.39 is 0 Å². The third-order valence-corrected chi connectivity index (χ3v) is 5.14. The second-order valence-electron chi connectivity index (χ2n) is 5.27. The number of thioether (sulfide) groups is 1. The summed E-state index contributed by atoms with van der Waals surface area (Å²) in [6.07, 6.45) is 1.71. The van der Waals surface area contributed by atoms with E-state index in [-0.39, 0.29) is 5.91 Å². The molecule has 0 aliphatic heterocycles. The maximum Gasteiger partial charge on any atom is 0.238 e. The molecule has 1 amide bonds. The summed E-state index contributed by atoms with van der Waals surface area (Å²) in [6, 6.07) is 18.3. The number of nitrogens with zero attached hydrogens (tertiary/aromatic N) is 2. The van der Waals surface area contributed by atoms with E-state index in [2.05, 4.69) is 51.2 Å². The summed E-state index contributed by atoms with van der Waals surface area (Å²) in [4.78, 5) is 19.7. The minimum Gasteiger partial charge on any atom is -0.296 e. The van der Waals surface area contributed by atoms with Gasteiger partial charge in [-0.25, -0.2) is 4.98 Å². The Hall–Kier alpha value is -1.85. The largest absolute Gasteiger partial charge is 0.296 e.